The third kappa shape index (κ3) is 5.59. The maximum Gasteiger partial charge on any atom is 0.240 e. The molecule has 5 heteroatoms. The minimum Gasteiger partial charge on any atom is -0.342 e. The molecule has 1 atom stereocenters. The number of hydrogen-bond donors (Lipinski definition) is 0. The summed E-state index contributed by atoms with van der Waals surface area (Å²) in [4.78, 5) is 32.3. The second-order valence-electron chi connectivity index (χ2n) is 8.40. The van der Waals surface area contributed by atoms with Crippen molar-refractivity contribution < 1.29 is 9.59 Å². The summed E-state index contributed by atoms with van der Waals surface area (Å²) < 4.78 is 0. The zero-order chi connectivity index (χ0) is 20.6. The van der Waals surface area contributed by atoms with Gasteiger partial charge in [0.25, 0.3) is 0 Å². The third-order valence-electron chi connectivity index (χ3n) is 6.71. The number of carbonyl (C=O) groups excluding carboxylic acids is 2. The molecular weight excluding hydrogens is 362 g/mol. The van der Waals surface area contributed by atoms with Gasteiger partial charge >= 0.3 is 0 Å². The van der Waals surface area contributed by atoms with Gasteiger partial charge in [0, 0.05) is 45.7 Å². The molecule has 1 saturated heterocycles. The Morgan fingerprint density at radius 3 is 2.21 bits per heavy atom. The highest BCUT2D eigenvalue weighted by molar-refractivity contribution is 5.82. The fraction of sp³-hybridized carbons (Fsp3) is 0.667. The Hall–Kier alpha value is -1.88. The van der Waals surface area contributed by atoms with Gasteiger partial charge in [0.2, 0.25) is 11.8 Å². The summed E-state index contributed by atoms with van der Waals surface area (Å²) in [5.74, 6) is 1.01. The van der Waals surface area contributed by atoms with Crippen molar-refractivity contribution in [2.24, 2.45) is 5.92 Å². The van der Waals surface area contributed by atoms with Crippen LogP contribution in [-0.4, -0.2) is 71.8 Å². The highest BCUT2D eigenvalue weighted by Crippen LogP contribution is 2.32. The van der Waals surface area contributed by atoms with Gasteiger partial charge in [0.1, 0.15) is 0 Å². The van der Waals surface area contributed by atoms with Crippen molar-refractivity contribution in [3.63, 3.8) is 0 Å². The topological polar surface area (TPSA) is 43.9 Å². The van der Waals surface area contributed by atoms with E-state index in [1.165, 1.54) is 18.4 Å². The fourth-order valence-electron chi connectivity index (χ4n) is 4.95. The van der Waals surface area contributed by atoms with Crippen LogP contribution in [0.25, 0.3) is 0 Å². The van der Waals surface area contributed by atoms with Crippen LogP contribution < -0.4 is 0 Å². The summed E-state index contributed by atoms with van der Waals surface area (Å²) in [5.41, 5.74) is 1.21. The second kappa shape index (κ2) is 10.8. The van der Waals surface area contributed by atoms with Crippen LogP contribution in [0, 0.1) is 5.92 Å². The van der Waals surface area contributed by atoms with E-state index in [2.05, 4.69) is 30.9 Å². The maximum atomic E-state index is 13.3. The molecule has 0 aromatic heterocycles. The molecule has 0 N–H and O–H groups in total. The predicted molar refractivity (Wildman–Crippen MR) is 117 cm³/mol. The summed E-state index contributed by atoms with van der Waals surface area (Å²) >= 11 is 0. The summed E-state index contributed by atoms with van der Waals surface area (Å²) in [5, 5.41) is 0. The van der Waals surface area contributed by atoms with Gasteiger partial charge in [-0.25, -0.2) is 0 Å². The Labute approximate surface area is 176 Å². The van der Waals surface area contributed by atoms with Crippen molar-refractivity contribution in [3.8, 4) is 0 Å². The average Bonchev–Trinajstić information content (AvgIpc) is 3.28. The lowest BCUT2D eigenvalue weighted by molar-refractivity contribution is -0.141. The molecule has 5 nitrogen and oxygen atoms in total. The van der Waals surface area contributed by atoms with Crippen LogP contribution in [0.3, 0.4) is 0 Å². The molecule has 1 aromatic rings. The zero-order valence-electron chi connectivity index (χ0n) is 18.2. The van der Waals surface area contributed by atoms with Gasteiger partial charge in [-0.2, -0.15) is 0 Å². The Morgan fingerprint density at radius 2 is 1.62 bits per heavy atom. The number of likely N-dealkylation sites (N-methyl/N-ethyl adjacent to an activating group) is 1. The number of hydrogen-bond acceptors (Lipinski definition) is 3. The first-order valence-electron chi connectivity index (χ1n) is 11.5. The number of carbonyl (C=O) groups is 2. The number of benzene rings is 1. The molecule has 29 heavy (non-hydrogen) atoms. The van der Waals surface area contributed by atoms with Crippen LogP contribution in [0.5, 0.6) is 0 Å². The Morgan fingerprint density at radius 1 is 1.00 bits per heavy atom. The largest absolute Gasteiger partial charge is 0.342 e. The zero-order valence-corrected chi connectivity index (χ0v) is 18.2. The molecule has 2 amide bonds. The molecule has 0 spiro atoms. The van der Waals surface area contributed by atoms with E-state index in [0.717, 1.165) is 58.5 Å². The van der Waals surface area contributed by atoms with Gasteiger partial charge in [0.05, 0.1) is 6.04 Å². The fourth-order valence-corrected chi connectivity index (χ4v) is 4.95. The van der Waals surface area contributed by atoms with Crippen molar-refractivity contribution in [1.82, 2.24) is 14.7 Å². The Kier molecular flexibility index (Phi) is 8.10. The van der Waals surface area contributed by atoms with E-state index >= 15 is 0 Å². The number of amides is 2. The SMILES string of the molecule is CCN(CC)C(=O)C(C1CCCC1)N1CCN(C(=O)CCc2ccccc2)CC1. The van der Waals surface area contributed by atoms with E-state index in [9.17, 15) is 9.59 Å². The van der Waals surface area contributed by atoms with Crippen LogP contribution in [-0.2, 0) is 16.0 Å². The summed E-state index contributed by atoms with van der Waals surface area (Å²) in [7, 11) is 0. The average molecular weight is 400 g/mol. The second-order valence-corrected chi connectivity index (χ2v) is 8.40. The maximum absolute atomic E-state index is 13.3. The van der Waals surface area contributed by atoms with E-state index in [-0.39, 0.29) is 11.9 Å². The van der Waals surface area contributed by atoms with Crippen molar-refractivity contribution in [3.05, 3.63) is 35.9 Å². The highest BCUT2D eigenvalue weighted by atomic mass is 16.2. The van der Waals surface area contributed by atoms with Crippen LogP contribution in [0.2, 0.25) is 0 Å². The minimum absolute atomic E-state index is 0.000953. The number of rotatable bonds is 8. The van der Waals surface area contributed by atoms with Crippen molar-refractivity contribution in [2.45, 2.75) is 58.4 Å². The van der Waals surface area contributed by atoms with Crippen LogP contribution in [0.15, 0.2) is 30.3 Å². The molecule has 1 unspecified atom stereocenters. The lowest BCUT2D eigenvalue weighted by Gasteiger charge is -2.42. The standard InChI is InChI=1S/C24H37N3O2/c1-3-25(4-2)24(29)23(21-12-8-9-13-21)27-18-16-26(17-19-27)22(28)15-14-20-10-6-5-7-11-20/h5-7,10-11,21,23H,3-4,8-9,12-19H2,1-2H3. The van der Waals surface area contributed by atoms with E-state index in [4.69, 9.17) is 0 Å². The molecule has 2 aliphatic rings. The lowest BCUT2D eigenvalue weighted by Crippen LogP contribution is -2.58. The smallest absolute Gasteiger partial charge is 0.240 e. The molecule has 2 fully saturated rings. The molecule has 1 aliphatic carbocycles. The van der Waals surface area contributed by atoms with E-state index in [0.29, 0.717) is 18.2 Å². The number of nitrogens with zero attached hydrogens (tertiary/aromatic N) is 3. The summed E-state index contributed by atoms with van der Waals surface area (Å²) in [6, 6.07) is 10.2. The molecule has 160 valence electrons. The van der Waals surface area contributed by atoms with Crippen molar-refractivity contribution >= 4 is 11.8 Å². The molecular formula is C24H37N3O2. The van der Waals surface area contributed by atoms with E-state index in [1.807, 2.05) is 28.0 Å². The monoisotopic (exact) mass is 399 g/mol. The first kappa shape index (κ1) is 21.8. The van der Waals surface area contributed by atoms with Gasteiger partial charge in [-0.1, -0.05) is 43.2 Å². The minimum atomic E-state index is -0.000953. The van der Waals surface area contributed by atoms with Gasteiger partial charge in [-0.05, 0) is 44.6 Å². The molecule has 1 aliphatic heterocycles. The molecule has 1 aromatic carbocycles. The molecule has 3 rings (SSSR count). The summed E-state index contributed by atoms with van der Waals surface area (Å²) in [6.45, 7) is 8.78. The van der Waals surface area contributed by atoms with Crippen molar-refractivity contribution in [1.29, 1.82) is 0 Å². The van der Waals surface area contributed by atoms with Crippen LogP contribution >= 0.6 is 0 Å². The summed E-state index contributed by atoms with van der Waals surface area (Å²) in [6.07, 6.45) is 6.16. The van der Waals surface area contributed by atoms with E-state index < -0.39 is 0 Å². The highest BCUT2D eigenvalue weighted by Gasteiger charge is 2.38. The Balaban J connectivity index is 1.56. The molecule has 0 bridgehead atoms. The number of aryl methyl sites for hydroxylation is 1. The van der Waals surface area contributed by atoms with Crippen molar-refractivity contribution in [2.75, 3.05) is 39.3 Å². The first-order chi connectivity index (χ1) is 14.1. The van der Waals surface area contributed by atoms with E-state index in [1.54, 1.807) is 0 Å². The predicted octanol–water partition coefficient (Wildman–Crippen LogP) is 3.19. The normalized spacial score (nSPS) is 19.3. The van der Waals surface area contributed by atoms with Crippen LogP contribution in [0.1, 0.15) is 51.5 Å². The third-order valence-corrected chi connectivity index (χ3v) is 6.71. The Bertz CT molecular complexity index is 645. The quantitative estimate of drug-likeness (QED) is 0.674. The first-order valence-corrected chi connectivity index (χ1v) is 11.5. The van der Waals surface area contributed by atoms with Gasteiger partial charge in [-0.3, -0.25) is 14.5 Å². The molecule has 1 heterocycles. The van der Waals surface area contributed by atoms with Gasteiger partial charge in [0.15, 0.2) is 0 Å². The van der Waals surface area contributed by atoms with Crippen LogP contribution in [0.4, 0.5) is 0 Å². The molecule has 0 radical (unpaired) electrons. The lowest BCUT2D eigenvalue weighted by atomic mass is 9.94. The number of piperazine rings is 1. The van der Waals surface area contributed by atoms with Gasteiger partial charge in [-0.15, -0.1) is 0 Å². The van der Waals surface area contributed by atoms with Gasteiger partial charge < -0.3 is 9.80 Å². The molecule has 1 saturated carbocycles.